The molecule has 5 rings (SSSR count). The molecule has 1 heteroatoms. The van der Waals surface area contributed by atoms with Crippen LogP contribution >= 0.6 is 0 Å². The number of aliphatic hydroxyl groups is 1. The Hall–Kier alpha value is -0.0400. The highest BCUT2D eigenvalue weighted by atomic mass is 16.3. The van der Waals surface area contributed by atoms with Gasteiger partial charge in [0.1, 0.15) is 0 Å². The second-order valence-electron chi connectivity index (χ2n) is 12.1. The molecule has 0 saturated heterocycles. The number of aliphatic hydroxyl groups excluding tert-OH is 1. The van der Waals surface area contributed by atoms with E-state index in [9.17, 15) is 5.11 Å². The average Bonchev–Trinajstić information content (AvgIpc) is 3.41. The molecule has 1 nitrogen and oxygen atoms in total. The van der Waals surface area contributed by atoms with Crippen molar-refractivity contribution in [3.63, 3.8) is 0 Å². The van der Waals surface area contributed by atoms with E-state index in [1.807, 2.05) is 0 Å². The van der Waals surface area contributed by atoms with Crippen molar-refractivity contribution in [2.45, 2.75) is 116 Å². The molecule has 0 bridgehead atoms. The van der Waals surface area contributed by atoms with E-state index in [1.54, 1.807) is 0 Å². The largest absolute Gasteiger partial charge is 0.393 e. The monoisotopic (exact) mass is 372 g/mol. The van der Waals surface area contributed by atoms with Gasteiger partial charge in [-0.2, -0.15) is 0 Å². The fourth-order valence-corrected chi connectivity index (χ4v) is 9.05. The van der Waals surface area contributed by atoms with Crippen molar-refractivity contribution in [2.75, 3.05) is 0 Å². The van der Waals surface area contributed by atoms with Crippen LogP contribution in [0.2, 0.25) is 0 Å². The first kappa shape index (κ1) is 19.0. The summed E-state index contributed by atoms with van der Waals surface area (Å²) in [5.41, 5.74) is 1.21. The molecule has 0 heterocycles. The Morgan fingerprint density at radius 1 is 0.741 bits per heavy atom. The molecule has 27 heavy (non-hydrogen) atoms. The zero-order valence-electron chi connectivity index (χ0n) is 18.1. The SMILES string of the molecule is CC12CCC3C(CCC4CC(O)CCC43C)C1CCC2CCCCC1CC1. The fraction of sp³-hybridized carbons (Fsp3) is 1.00. The van der Waals surface area contributed by atoms with Crippen molar-refractivity contribution in [3.8, 4) is 0 Å². The summed E-state index contributed by atoms with van der Waals surface area (Å²) in [7, 11) is 0. The average molecular weight is 373 g/mol. The first-order valence-electron chi connectivity index (χ1n) is 12.7. The Morgan fingerprint density at radius 2 is 1.48 bits per heavy atom. The van der Waals surface area contributed by atoms with Gasteiger partial charge < -0.3 is 5.11 Å². The third kappa shape index (κ3) is 3.23. The number of fused-ring (bicyclic) bond motifs is 5. The Balaban J connectivity index is 1.25. The maximum atomic E-state index is 10.2. The molecule has 0 spiro atoms. The van der Waals surface area contributed by atoms with Gasteiger partial charge in [-0.3, -0.25) is 0 Å². The maximum Gasteiger partial charge on any atom is 0.0543 e. The molecule has 154 valence electrons. The van der Waals surface area contributed by atoms with Gasteiger partial charge in [-0.05, 0) is 111 Å². The van der Waals surface area contributed by atoms with Crippen LogP contribution in [0, 0.1) is 46.3 Å². The molecule has 0 amide bonds. The van der Waals surface area contributed by atoms with Crippen molar-refractivity contribution >= 4 is 0 Å². The minimum atomic E-state index is -0.0000172. The van der Waals surface area contributed by atoms with Crippen molar-refractivity contribution in [3.05, 3.63) is 0 Å². The van der Waals surface area contributed by atoms with E-state index < -0.39 is 0 Å². The molecule has 0 aromatic rings. The van der Waals surface area contributed by atoms with E-state index in [4.69, 9.17) is 0 Å². The van der Waals surface area contributed by atoms with Gasteiger partial charge in [0.25, 0.3) is 0 Å². The second-order valence-corrected chi connectivity index (χ2v) is 12.1. The quantitative estimate of drug-likeness (QED) is 0.516. The van der Waals surface area contributed by atoms with Gasteiger partial charge in [-0.25, -0.2) is 0 Å². The first-order valence-corrected chi connectivity index (χ1v) is 12.7. The van der Waals surface area contributed by atoms with Gasteiger partial charge in [0.05, 0.1) is 6.10 Å². The minimum absolute atomic E-state index is 0.0000172. The summed E-state index contributed by atoms with van der Waals surface area (Å²) >= 11 is 0. The summed E-state index contributed by atoms with van der Waals surface area (Å²) < 4.78 is 0. The van der Waals surface area contributed by atoms with Crippen LogP contribution < -0.4 is 0 Å². The lowest BCUT2D eigenvalue weighted by Crippen LogP contribution is -2.53. The van der Waals surface area contributed by atoms with E-state index in [2.05, 4.69) is 13.8 Å². The lowest BCUT2D eigenvalue weighted by atomic mass is 9.44. The molecule has 0 radical (unpaired) electrons. The van der Waals surface area contributed by atoms with E-state index in [1.165, 1.54) is 83.5 Å². The van der Waals surface area contributed by atoms with Crippen molar-refractivity contribution in [2.24, 2.45) is 46.3 Å². The molecule has 1 N–H and O–H groups in total. The van der Waals surface area contributed by atoms with E-state index in [0.717, 1.165) is 48.3 Å². The molecular formula is C26H44O. The van der Waals surface area contributed by atoms with Crippen molar-refractivity contribution < 1.29 is 5.11 Å². The van der Waals surface area contributed by atoms with Crippen LogP contribution in [0.1, 0.15) is 110 Å². The van der Waals surface area contributed by atoms with Crippen molar-refractivity contribution in [1.29, 1.82) is 0 Å². The normalized spacial score (nSPS) is 52.1. The molecule has 0 aromatic heterocycles. The van der Waals surface area contributed by atoms with E-state index in [0.29, 0.717) is 10.8 Å². The van der Waals surface area contributed by atoms with Gasteiger partial charge in [-0.1, -0.05) is 46.0 Å². The molecule has 5 fully saturated rings. The molecule has 0 aliphatic heterocycles. The molecule has 5 saturated carbocycles. The lowest BCUT2D eigenvalue weighted by molar-refractivity contribution is -0.127. The molecule has 8 unspecified atom stereocenters. The fourth-order valence-electron chi connectivity index (χ4n) is 9.05. The van der Waals surface area contributed by atoms with Gasteiger partial charge in [0, 0.05) is 0 Å². The minimum Gasteiger partial charge on any atom is -0.393 e. The summed E-state index contributed by atoms with van der Waals surface area (Å²) in [6, 6.07) is 0. The predicted octanol–water partition coefficient (Wildman–Crippen LogP) is 6.98. The van der Waals surface area contributed by atoms with Crippen LogP contribution in [-0.4, -0.2) is 11.2 Å². The number of hydrogen-bond donors (Lipinski definition) is 1. The Bertz CT molecular complexity index is 538. The van der Waals surface area contributed by atoms with Crippen LogP contribution in [0.25, 0.3) is 0 Å². The maximum absolute atomic E-state index is 10.2. The molecule has 5 aliphatic rings. The molecule has 0 aromatic carbocycles. The van der Waals surface area contributed by atoms with Gasteiger partial charge in [0.15, 0.2) is 0 Å². The Morgan fingerprint density at radius 3 is 2.30 bits per heavy atom. The lowest BCUT2D eigenvalue weighted by Gasteiger charge is -2.61. The highest BCUT2D eigenvalue weighted by Crippen LogP contribution is 2.67. The van der Waals surface area contributed by atoms with Crippen LogP contribution in [0.3, 0.4) is 0 Å². The summed E-state index contributed by atoms with van der Waals surface area (Å²) in [4.78, 5) is 0. The van der Waals surface area contributed by atoms with Crippen LogP contribution in [0.4, 0.5) is 0 Å². The van der Waals surface area contributed by atoms with Gasteiger partial charge in [0.2, 0.25) is 0 Å². The van der Waals surface area contributed by atoms with Crippen LogP contribution in [0.15, 0.2) is 0 Å². The first-order chi connectivity index (χ1) is 13.0. The summed E-state index contributed by atoms with van der Waals surface area (Å²) in [5, 5.41) is 10.2. The molecule has 5 aliphatic carbocycles. The number of hydrogen-bond acceptors (Lipinski definition) is 1. The summed E-state index contributed by atoms with van der Waals surface area (Å²) in [6.07, 6.45) is 21.6. The smallest absolute Gasteiger partial charge is 0.0543 e. The standard InChI is InChI=1S/C26H44O/c1-25-16-14-24-22(11-9-20-17-21(27)13-15-26(20,24)2)23(25)12-10-19(25)6-4-3-5-18-7-8-18/h18-24,27H,3-17H2,1-2H3. The number of rotatable bonds is 5. The van der Waals surface area contributed by atoms with Crippen LogP contribution in [0.5, 0.6) is 0 Å². The van der Waals surface area contributed by atoms with Gasteiger partial charge in [-0.15, -0.1) is 0 Å². The predicted molar refractivity (Wildman–Crippen MR) is 112 cm³/mol. The Labute approximate surface area is 168 Å². The summed E-state index contributed by atoms with van der Waals surface area (Å²) in [6.45, 7) is 5.35. The third-order valence-corrected chi connectivity index (χ3v) is 10.9. The third-order valence-electron chi connectivity index (χ3n) is 10.9. The molecular weight excluding hydrogens is 328 g/mol. The molecule has 8 atom stereocenters. The summed E-state index contributed by atoms with van der Waals surface area (Å²) in [5.74, 6) is 5.96. The highest BCUT2D eigenvalue weighted by Gasteiger charge is 2.59. The topological polar surface area (TPSA) is 20.2 Å². The zero-order valence-corrected chi connectivity index (χ0v) is 18.1. The van der Waals surface area contributed by atoms with E-state index in [-0.39, 0.29) is 6.10 Å². The Kier molecular flexibility index (Phi) is 4.94. The van der Waals surface area contributed by atoms with Gasteiger partial charge >= 0.3 is 0 Å². The zero-order chi connectivity index (χ0) is 18.6. The highest BCUT2D eigenvalue weighted by molar-refractivity contribution is 5.09. The van der Waals surface area contributed by atoms with Crippen molar-refractivity contribution in [1.82, 2.24) is 0 Å². The van der Waals surface area contributed by atoms with Crippen LogP contribution in [-0.2, 0) is 0 Å². The van der Waals surface area contributed by atoms with E-state index >= 15 is 0 Å². The second kappa shape index (κ2) is 7.03. The number of unbranched alkanes of at least 4 members (excludes halogenated alkanes) is 1.